The summed E-state index contributed by atoms with van der Waals surface area (Å²) < 4.78 is 5.44. The van der Waals surface area contributed by atoms with Crippen molar-refractivity contribution in [3.8, 4) is 0 Å². The molecule has 0 amide bonds. The minimum atomic E-state index is -1.43. The first-order valence-electron chi connectivity index (χ1n) is 7.19. The second-order valence-electron chi connectivity index (χ2n) is 6.82. The van der Waals surface area contributed by atoms with Crippen molar-refractivity contribution in [3.05, 3.63) is 30.1 Å². The lowest BCUT2D eigenvalue weighted by molar-refractivity contribution is 0.967. The van der Waals surface area contributed by atoms with Gasteiger partial charge in [0, 0.05) is 18.1 Å². The van der Waals surface area contributed by atoms with Gasteiger partial charge in [-0.05, 0) is 30.5 Å². The van der Waals surface area contributed by atoms with E-state index < -0.39 is 15.3 Å². The van der Waals surface area contributed by atoms with Gasteiger partial charge in [0.25, 0.3) is 0 Å². The molecular formula is C15H29N2PSi. The third-order valence-corrected chi connectivity index (χ3v) is 11.7. The van der Waals surface area contributed by atoms with E-state index >= 15 is 0 Å². The van der Waals surface area contributed by atoms with Crippen molar-refractivity contribution in [2.75, 3.05) is 0 Å². The molecule has 1 heterocycles. The van der Waals surface area contributed by atoms with Crippen LogP contribution in [-0.4, -0.2) is 24.5 Å². The highest BCUT2D eigenvalue weighted by Crippen LogP contribution is 2.61. The zero-order chi connectivity index (χ0) is 14.7. The molecule has 0 atom stereocenters. The predicted octanol–water partition coefficient (Wildman–Crippen LogP) is 5.43. The number of pyridine rings is 1. The molecular weight excluding hydrogens is 267 g/mol. The standard InChI is InChI=1S/C15H29N2PSi/c1-13(2)18(14(3)4,17-19(5,6)7)12-15-10-8-9-11-16-15/h8-11,13-14H,12H2,1-7H3. The molecule has 1 aromatic rings. The molecule has 4 heteroatoms. The van der Waals surface area contributed by atoms with Gasteiger partial charge in [-0.15, -0.1) is 0 Å². The number of rotatable bonds is 5. The quantitative estimate of drug-likeness (QED) is 0.525. The van der Waals surface area contributed by atoms with Crippen molar-refractivity contribution in [2.24, 2.45) is 4.41 Å². The van der Waals surface area contributed by atoms with E-state index in [0.29, 0.717) is 11.3 Å². The maximum atomic E-state index is 5.44. The SMILES string of the molecule is CC(C)P(Cc1ccccn1)(=N[Si](C)(C)C)C(C)C. The fourth-order valence-corrected chi connectivity index (χ4v) is 11.8. The zero-order valence-electron chi connectivity index (χ0n) is 13.5. The Labute approximate surface area is 120 Å². The molecule has 0 aliphatic heterocycles. The van der Waals surface area contributed by atoms with Crippen LogP contribution < -0.4 is 0 Å². The molecule has 0 radical (unpaired) electrons. The van der Waals surface area contributed by atoms with E-state index in [-0.39, 0.29) is 0 Å². The molecule has 0 unspecified atom stereocenters. The van der Waals surface area contributed by atoms with Crippen LogP contribution >= 0.6 is 7.05 Å². The van der Waals surface area contributed by atoms with Gasteiger partial charge in [-0.2, -0.15) is 0 Å². The first kappa shape index (κ1) is 16.7. The van der Waals surface area contributed by atoms with Gasteiger partial charge >= 0.3 is 0 Å². The van der Waals surface area contributed by atoms with Crippen LogP contribution in [0.1, 0.15) is 33.4 Å². The summed E-state index contributed by atoms with van der Waals surface area (Å²) in [7, 11) is -2.78. The van der Waals surface area contributed by atoms with Gasteiger partial charge in [0.05, 0.1) is 0 Å². The first-order chi connectivity index (χ1) is 8.67. The number of aromatic nitrogens is 1. The van der Waals surface area contributed by atoms with Crippen LogP contribution in [0.5, 0.6) is 0 Å². The Bertz CT molecular complexity index is 435. The van der Waals surface area contributed by atoms with Gasteiger partial charge in [-0.1, -0.05) is 53.4 Å². The van der Waals surface area contributed by atoms with Gasteiger partial charge in [0.1, 0.15) is 0 Å². The van der Waals surface area contributed by atoms with Crippen LogP contribution in [0, 0.1) is 0 Å². The van der Waals surface area contributed by atoms with E-state index in [1.807, 2.05) is 12.3 Å². The molecule has 108 valence electrons. The second-order valence-corrected chi connectivity index (χ2v) is 16.1. The number of hydrogen-bond acceptors (Lipinski definition) is 2. The van der Waals surface area contributed by atoms with Gasteiger partial charge in [0.2, 0.25) is 0 Å². The predicted molar refractivity (Wildman–Crippen MR) is 90.9 cm³/mol. The molecule has 0 fully saturated rings. The van der Waals surface area contributed by atoms with E-state index in [9.17, 15) is 0 Å². The molecule has 19 heavy (non-hydrogen) atoms. The highest BCUT2D eigenvalue weighted by Gasteiger charge is 2.31. The van der Waals surface area contributed by atoms with E-state index in [0.717, 1.165) is 6.16 Å². The summed E-state index contributed by atoms with van der Waals surface area (Å²) in [6.45, 7) is 16.4. The third kappa shape index (κ3) is 4.57. The largest absolute Gasteiger partial charge is 0.337 e. The summed E-state index contributed by atoms with van der Waals surface area (Å²) in [6.07, 6.45) is 2.96. The Balaban J connectivity index is 3.30. The van der Waals surface area contributed by atoms with Crippen LogP contribution in [0.25, 0.3) is 0 Å². The van der Waals surface area contributed by atoms with Gasteiger partial charge in [-0.3, -0.25) is 4.98 Å². The molecule has 0 aliphatic rings. The fourth-order valence-electron chi connectivity index (χ4n) is 2.54. The molecule has 0 N–H and O–H groups in total. The lowest BCUT2D eigenvalue weighted by Gasteiger charge is -2.36. The minimum absolute atomic E-state index is 0.640. The topological polar surface area (TPSA) is 25.2 Å². The summed E-state index contributed by atoms with van der Waals surface area (Å²) in [4.78, 5) is 4.54. The second kappa shape index (κ2) is 6.36. The Morgan fingerprint density at radius 3 is 2.05 bits per heavy atom. The molecule has 1 aromatic heterocycles. The highest BCUT2D eigenvalue weighted by molar-refractivity contribution is 7.68. The van der Waals surface area contributed by atoms with Crippen molar-refractivity contribution < 1.29 is 0 Å². The van der Waals surface area contributed by atoms with Crippen LogP contribution in [0.2, 0.25) is 19.6 Å². The third-order valence-electron chi connectivity index (χ3n) is 3.42. The van der Waals surface area contributed by atoms with Crippen molar-refractivity contribution in [2.45, 2.75) is 64.8 Å². The first-order valence-corrected chi connectivity index (χ1v) is 12.7. The smallest absolute Gasteiger partial charge is 0.170 e. The normalized spacial score (nSPS) is 13.1. The summed E-state index contributed by atoms with van der Waals surface area (Å²) >= 11 is 0. The van der Waals surface area contributed by atoms with Gasteiger partial charge in [0.15, 0.2) is 8.24 Å². The maximum absolute atomic E-state index is 5.44. The molecule has 0 saturated carbocycles. The van der Waals surface area contributed by atoms with Crippen molar-refractivity contribution in [3.63, 3.8) is 0 Å². The van der Waals surface area contributed by atoms with E-state index in [1.165, 1.54) is 5.69 Å². The van der Waals surface area contributed by atoms with Crippen molar-refractivity contribution in [1.29, 1.82) is 0 Å². The van der Waals surface area contributed by atoms with Crippen molar-refractivity contribution in [1.82, 2.24) is 4.98 Å². The lowest BCUT2D eigenvalue weighted by atomic mass is 10.4. The van der Waals surface area contributed by atoms with Crippen molar-refractivity contribution >= 4 is 15.3 Å². The molecule has 0 aliphatic carbocycles. The van der Waals surface area contributed by atoms with Gasteiger partial charge in [-0.25, -0.2) is 0 Å². The average molecular weight is 296 g/mol. The lowest BCUT2D eigenvalue weighted by Crippen LogP contribution is -2.21. The van der Waals surface area contributed by atoms with Crippen LogP contribution in [-0.2, 0) is 6.16 Å². The molecule has 0 spiro atoms. The minimum Gasteiger partial charge on any atom is -0.337 e. The molecule has 0 saturated heterocycles. The zero-order valence-corrected chi connectivity index (χ0v) is 15.4. The maximum Gasteiger partial charge on any atom is 0.170 e. The molecule has 2 nitrogen and oxygen atoms in total. The Hall–Kier alpha value is -0.403. The Morgan fingerprint density at radius 1 is 1.11 bits per heavy atom. The van der Waals surface area contributed by atoms with E-state index in [4.69, 9.17) is 4.41 Å². The summed E-state index contributed by atoms with van der Waals surface area (Å²) in [6, 6.07) is 6.23. The fraction of sp³-hybridized carbons (Fsp3) is 0.667. The summed E-state index contributed by atoms with van der Waals surface area (Å²) in [5.74, 6) is 0. The average Bonchev–Trinajstić information content (AvgIpc) is 2.27. The van der Waals surface area contributed by atoms with Gasteiger partial charge < -0.3 is 4.41 Å². The Kier molecular flexibility index (Phi) is 5.58. The Morgan fingerprint density at radius 2 is 1.68 bits per heavy atom. The molecule has 0 aromatic carbocycles. The van der Waals surface area contributed by atoms with Crippen LogP contribution in [0.3, 0.4) is 0 Å². The van der Waals surface area contributed by atoms with E-state index in [1.54, 1.807) is 0 Å². The van der Waals surface area contributed by atoms with Crippen LogP contribution in [0.15, 0.2) is 28.8 Å². The number of hydrogen-bond donors (Lipinski definition) is 0. The van der Waals surface area contributed by atoms with E-state index in [2.05, 4.69) is 64.5 Å². The highest BCUT2D eigenvalue weighted by atomic mass is 31.2. The summed E-state index contributed by atoms with van der Waals surface area (Å²) in [5.41, 5.74) is 2.49. The molecule has 1 rings (SSSR count). The number of nitrogens with zero attached hydrogens (tertiary/aromatic N) is 2. The van der Waals surface area contributed by atoms with Crippen LogP contribution in [0.4, 0.5) is 0 Å². The summed E-state index contributed by atoms with van der Waals surface area (Å²) in [5, 5.41) is 0. The monoisotopic (exact) mass is 296 g/mol. The molecule has 0 bridgehead atoms.